The van der Waals surface area contributed by atoms with Gasteiger partial charge in [0.15, 0.2) is 5.82 Å². The quantitative estimate of drug-likeness (QED) is 0.470. The monoisotopic (exact) mass is 408 g/mol. The number of allylic oxidation sites excluding steroid dienone is 1. The molecule has 0 spiro atoms. The Hall–Kier alpha value is -3.57. The van der Waals surface area contributed by atoms with Gasteiger partial charge in [0.1, 0.15) is 16.9 Å². The number of nitrogens with zero attached hydrogens (tertiary/aromatic N) is 5. The van der Waals surface area contributed by atoms with E-state index in [0.29, 0.717) is 36.2 Å². The van der Waals surface area contributed by atoms with Gasteiger partial charge in [-0.2, -0.15) is 5.26 Å². The average Bonchev–Trinajstić information content (AvgIpc) is 3.13. The fourth-order valence-corrected chi connectivity index (χ4v) is 3.96. The molecule has 1 atom stereocenters. The number of rotatable bonds is 4. The first-order valence-corrected chi connectivity index (χ1v) is 9.35. The van der Waals surface area contributed by atoms with E-state index in [4.69, 9.17) is 17.3 Å². The third-order valence-electron chi connectivity index (χ3n) is 5.12. The molecule has 0 bridgehead atoms. The zero-order valence-corrected chi connectivity index (χ0v) is 16.1. The molecule has 4 rings (SSSR count). The highest BCUT2D eigenvalue weighted by atomic mass is 35.5. The van der Waals surface area contributed by atoms with Crippen molar-refractivity contribution in [2.24, 2.45) is 5.73 Å². The van der Waals surface area contributed by atoms with Crippen LogP contribution in [0, 0.1) is 21.4 Å². The number of aromatic nitrogens is 1. The van der Waals surface area contributed by atoms with E-state index in [1.54, 1.807) is 41.4 Å². The lowest BCUT2D eigenvalue weighted by Gasteiger charge is -2.32. The number of benzene rings is 1. The van der Waals surface area contributed by atoms with Crippen molar-refractivity contribution in [1.29, 1.82) is 5.26 Å². The summed E-state index contributed by atoms with van der Waals surface area (Å²) in [5.41, 5.74) is 8.00. The molecule has 2 N–H and O–H groups in total. The Morgan fingerprint density at radius 1 is 1.28 bits per heavy atom. The molecule has 9 heteroatoms. The standard InChI is InChI=1S/C20H17ClN6O2/c21-16-7-6-13(11-24-16)12-25-8-9-26-19(23)15(10-22)17(14-4-2-1-3-5-14)18(20(25)26)27(28)29/h1-7,11,17H,8-9,12,23H2. The molecular formula is C20H17ClN6O2. The highest BCUT2D eigenvalue weighted by molar-refractivity contribution is 6.29. The Labute approximate surface area is 172 Å². The molecule has 8 nitrogen and oxygen atoms in total. The molecular weight excluding hydrogens is 392 g/mol. The average molecular weight is 409 g/mol. The normalized spacial score (nSPS) is 18.7. The van der Waals surface area contributed by atoms with Crippen LogP contribution in [-0.4, -0.2) is 32.8 Å². The summed E-state index contributed by atoms with van der Waals surface area (Å²) in [7, 11) is 0. The van der Waals surface area contributed by atoms with Gasteiger partial charge in [0.25, 0.3) is 5.70 Å². The number of halogens is 1. The van der Waals surface area contributed by atoms with Crippen molar-refractivity contribution < 1.29 is 4.92 Å². The van der Waals surface area contributed by atoms with Crippen LogP contribution in [0.3, 0.4) is 0 Å². The number of nitrogens with two attached hydrogens (primary N) is 1. The largest absolute Gasteiger partial charge is 0.384 e. The highest BCUT2D eigenvalue weighted by Crippen LogP contribution is 2.43. The summed E-state index contributed by atoms with van der Waals surface area (Å²) in [6.45, 7) is 1.42. The van der Waals surface area contributed by atoms with Crippen molar-refractivity contribution >= 4 is 11.6 Å². The van der Waals surface area contributed by atoms with Gasteiger partial charge in [-0.15, -0.1) is 0 Å². The second-order valence-electron chi connectivity index (χ2n) is 6.78. The Morgan fingerprint density at radius 3 is 2.66 bits per heavy atom. The van der Waals surface area contributed by atoms with Gasteiger partial charge in [-0.1, -0.05) is 48.0 Å². The van der Waals surface area contributed by atoms with E-state index in [1.807, 2.05) is 17.0 Å². The van der Waals surface area contributed by atoms with Crippen LogP contribution in [0.15, 0.2) is 71.6 Å². The number of fused-ring (bicyclic) bond motifs is 1. The summed E-state index contributed by atoms with van der Waals surface area (Å²) < 4.78 is 0. The lowest BCUT2D eigenvalue weighted by Crippen LogP contribution is -2.37. The molecule has 1 aromatic heterocycles. The van der Waals surface area contributed by atoms with E-state index in [0.717, 1.165) is 5.56 Å². The molecule has 1 aromatic carbocycles. The summed E-state index contributed by atoms with van der Waals surface area (Å²) in [4.78, 5) is 19.4. The lowest BCUT2D eigenvalue weighted by molar-refractivity contribution is -0.432. The first-order valence-electron chi connectivity index (χ1n) is 8.97. The van der Waals surface area contributed by atoms with Crippen molar-refractivity contribution in [3.63, 3.8) is 0 Å². The lowest BCUT2D eigenvalue weighted by atomic mass is 9.86. The summed E-state index contributed by atoms with van der Waals surface area (Å²) in [6, 6.07) is 14.6. The van der Waals surface area contributed by atoms with Gasteiger partial charge in [0, 0.05) is 25.8 Å². The molecule has 0 amide bonds. The van der Waals surface area contributed by atoms with Crippen LogP contribution in [0.4, 0.5) is 0 Å². The Bertz CT molecular complexity index is 1060. The smallest absolute Gasteiger partial charge is 0.299 e. The number of nitriles is 1. The third-order valence-corrected chi connectivity index (χ3v) is 5.34. The Morgan fingerprint density at radius 2 is 2.03 bits per heavy atom. The summed E-state index contributed by atoms with van der Waals surface area (Å²) in [5.74, 6) is -0.139. The van der Waals surface area contributed by atoms with Crippen LogP contribution in [0.25, 0.3) is 0 Å². The summed E-state index contributed by atoms with van der Waals surface area (Å²) in [6.07, 6.45) is 1.65. The molecule has 146 valence electrons. The number of hydrogen-bond donors (Lipinski definition) is 1. The minimum atomic E-state index is -0.827. The maximum atomic E-state index is 12.2. The molecule has 2 aromatic rings. The predicted octanol–water partition coefficient (Wildman–Crippen LogP) is 2.79. The van der Waals surface area contributed by atoms with Crippen molar-refractivity contribution in [2.45, 2.75) is 12.5 Å². The SMILES string of the molecule is N#CC1=C(N)N2CCN(Cc3ccc(Cl)nc3)C2=C([N+](=O)[O-])C1c1ccccc1. The fourth-order valence-electron chi connectivity index (χ4n) is 3.85. The van der Waals surface area contributed by atoms with Crippen LogP contribution in [0.2, 0.25) is 5.15 Å². The maximum absolute atomic E-state index is 12.2. The van der Waals surface area contributed by atoms with Gasteiger partial charge >= 0.3 is 0 Å². The van der Waals surface area contributed by atoms with Crippen LogP contribution in [-0.2, 0) is 6.54 Å². The molecule has 2 aliphatic rings. The summed E-state index contributed by atoms with van der Waals surface area (Å²) in [5, 5.41) is 22.3. The van der Waals surface area contributed by atoms with Crippen molar-refractivity contribution in [3.05, 3.63) is 98.0 Å². The molecule has 0 radical (unpaired) electrons. The van der Waals surface area contributed by atoms with E-state index in [1.165, 1.54) is 0 Å². The first kappa shape index (κ1) is 18.8. The number of hydrogen-bond acceptors (Lipinski definition) is 7. The van der Waals surface area contributed by atoms with Crippen LogP contribution in [0.5, 0.6) is 0 Å². The molecule has 1 unspecified atom stereocenters. The second kappa shape index (κ2) is 7.45. The third kappa shape index (κ3) is 3.26. The van der Waals surface area contributed by atoms with E-state index < -0.39 is 10.8 Å². The van der Waals surface area contributed by atoms with E-state index in [2.05, 4.69) is 11.1 Å². The second-order valence-corrected chi connectivity index (χ2v) is 7.17. The van der Waals surface area contributed by atoms with E-state index in [9.17, 15) is 15.4 Å². The highest BCUT2D eigenvalue weighted by Gasteiger charge is 2.46. The molecule has 2 aliphatic heterocycles. The van der Waals surface area contributed by atoms with Gasteiger partial charge in [-0.05, 0) is 17.2 Å². The fraction of sp³-hybridized carbons (Fsp3) is 0.200. The molecule has 0 aliphatic carbocycles. The van der Waals surface area contributed by atoms with Crippen molar-refractivity contribution in [3.8, 4) is 6.07 Å². The van der Waals surface area contributed by atoms with E-state index >= 15 is 0 Å². The predicted molar refractivity (Wildman–Crippen MR) is 106 cm³/mol. The zero-order chi connectivity index (χ0) is 20.5. The zero-order valence-electron chi connectivity index (χ0n) is 15.3. The van der Waals surface area contributed by atoms with Crippen LogP contribution >= 0.6 is 11.6 Å². The number of nitro groups is 1. The van der Waals surface area contributed by atoms with E-state index in [-0.39, 0.29) is 17.1 Å². The molecule has 1 saturated heterocycles. The molecule has 0 saturated carbocycles. The molecule has 3 heterocycles. The van der Waals surface area contributed by atoms with Crippen LogP contribution < -0.4 is 5.73 Å². The van der Waals surface area contributed by atoms with Crippen LogP contribution in [0.1, 0.15) is 17.0 Å². The van der Waals surface area contributed by atoms with Gasteiger partial charge in [0.05, 0.1) is 16.6 Å². The van der Waals surface area contributed by atoms with Crippen molar-refractivity contribution in [2.75, 3.05) is 13.1 Å². The van der Waals surface area contributed by atoms with Gasteiger partial charge < -0.3 is 15.5 Å². The first-order chi connectivity index (χ1) is 14.0. The maximum Gasteiger partial charge on any atom is 0.299 e. The minimum absolute atomic E-state index is 0.0404. The topological polar surface area (TPSA) is 112 Å². The minimum Gasteiger partial charge on any atom is -0.384 e. The van der Waals surface area contributed by atoms with Gasteiger partial charge in [0.2, 0.25) is 0 Å². The molecule has 1 fully saturated rings. The molecule has 29 heavy (non-hydrogen) atoms. The Balaban J connectivity index is 1.84. The summed E-state index contributed by atoms with van der Waals surface area (Å²) >= 11 is 5.86. The van der Waals surface area contributed by atoms with Gasteiger partial charge in [-0.25, -0.2) is 4.98 Å². The Kier molecular flexibility index (Phi) is 4.82. The number of pyridine rings is 1. The van der Waals surface area contributed by atoms with Crippen molar-refractivity contribution in [1.82, 2.24) is 14.8 Å². The van der Waals surface area contributed by atoms with Gasteiger partial charge in [-0.3, -0.25) is 10.1 Å².